The maximum Gasteiger partial charge on any atom is 0.422 e. The van der Waals surface area contributed by atoms with Gasteiger partial charge in [-0.25, -0.2) is 0 Å². The lowest BCUT2D eigenvalue weighted by Crippen LogP contribution is -2.41. The number of ether oxygens (including phenoxy) is 1. The highest BCUT2D eigenvalue weighted by Gasteiger charge is 2.28. The molecule has 1 fully saturated rings. The summed E-state index contributed by atoms with van der Waals surface area (Å²) in [6, 6.07) is 6.55. The normalized spacial score (nSPS) is 17.0. The van der Waals surface area contributed by atoms with E-state index >= 15 is 0 Å². The molecule has 0 saturated carbocycles. The van der Waals surface area contributed by atoms with Crippen LogP contribution >= 0.6 is 0 Å². The maximum atomic E-state index is 12.2. The molecule has 2 N–H and O–H groups in total. The fourth-order valence-corrected chi connectivity index (χ4v) is 3.02. The Kier molecular flexibility index (Phi) is 8.22. The molecule has 2 rings (SSSR count). The molecule has 1 atom stereocenters. The summed E-state index contributed by atoms with van der Waals surface area (Å²) in [7, 11) is 1.72. The second-order valence-electron chi connectivity index (χ2n) is 6.97. The van der Waals surface area contributed by atoms with Gasteiger partial charge >= 0.3 is 6.18 Å². The molecule has 1 aromatic rings. The molecule has 0 spiro atoms. The van der Waals surface area contributed by atoms with E-state index in [1.807, 2.05) is 0 Å². The number of rotatable bonds is 8. The van der Waals surface area contributed by atoms with E-state index in [1.165, 1.54) is 38.1 Å². The molecule has 1 aliphatic rings. The van der Waals surface area contributed by atoms with Gasteiger partial charge in [0.1, 0.15) is 5.75 Å². The van der Waals surface area contributed by atoms with E-state index in [2.05, 4.69) is 27.4 Å². The van der Waals surface area contributed by atoms with Gasteiger partial charge in [0.2, 0.25) is 0 Å². The van der Waals surface area contributed by atoms with Crippen molar-refractivity contribution in [2.24, 2.45) is 10.9 Å². The third-order valence-corrected chi connectivity index (χ3v) is 4.40. The Labute approximate surface area is 159 Å². The van der Waals surface area contributed by atoms with Crippen molar-refractivity contribution >= 4 is 5.96 Å². The van der Waals surface area contributed by atoms with Crippen LogP contribution in [0.25, 0.3) is 0 Å². The number of guanidine groups is 1. The van der Waals surface area contributed by atoms with Crippen LogP contribution in [0.1, 0.15) is 25.3 Å². The van der Waals surface area contributed by atoms with Crippen LogP contribution in [0.3, 0.4) is 0 Å². The highest BCUT2D eigenvalue weighted by Crippen LogP contribution is 2.18. The van der Waals surface area contributed by atoms with Crippen LogP contribution in [-0.4, -0.2) is 56.9 Å². The number of nitrogens with zero attached hydrogens (tertiary/aromatic N) is 2. The van der Waals surface area contributed by atoms with Crippen molar-refractivity contribution in [2.75, 3.05) is 39.8 Å². The van der Waals surface area contributed by atoms with Gasteiger partial charge in [-0.2, -0.15) is 13.2 Å². The minimum Gasteiger partial charge on any atom is -0.484 e. The summed E-state index contributed by atoms with van der Waals surface area (Å²) in [6.45, 7) is 5.78. The zero-order valence-corrected chi connectivity index (χ0v) is 16.0. The molecule has 0 aliphatic carbocycles. The quantitative estimate of drug-likeness (QED) is 0.533. The first-order valence-corrected chi connectivity index (χ1v) is 9.31. The summed E-state index contributed by atoms with van der Waals surface area (Å²) >= 11 is 0. The van der Waals surface area contributed by atoms with Crippen molar-refractivity contribution in [3.63, 3.8) is 0 Å². The van der Waals surface area contributed by atoms with Crippen LogP contribution in [-0.2, 0) is 6.54 Å². The molecule has 1 heterocycles. The minimum atomic E-state index is -4.33. The summed E-state index contributed by atoms with van der Waals surface area (Å²) in [4.78, 5) is 6.70. The van der Waals surface area contributed by atoms with Gasteiger partial charge in [0.15, 0.2) is 12.6 Å². The summed E-state index contributed by atoms with van der Waals surface area (Å²) in [6.07, 6.45) is -1.74. The van der Waals surface area contributed by atoms with Crippen LogP contribution in [0, 0.1) is 5.92 Å². The van der Waals surface area contributed by atoms with Crippen molar-refractivity contribution < 1.29 is 17.9 Å². The van der Waals surface area contributed by atoms with E-state index in [0.717, 1.165) is 18.7 Å². The molecule has 0 radical (unpaired) electrons. The van der Waals surface area contributed by atoms with Crippen molar-refractivity contribution in [3.8, 4) is 5.75 Å². The van der Waals surface area contributed by atoms with Crippen molar-refractivity contribution in [1.82, 2.24) is 15.5 Å². The van der Waals surface area contributed by atoms with Gasteiger partial charge < -0.3 is 20.3 Å². The summed E-state index contributed by atoms with van der Waals surface area (Å²) in [5.41, 5.74) is 0.933. The van der Waals surface area contributed by atoms with Gasteiger partial charge in [-0.1, -0.05) is 19.1 Å². The van der Waals surface area contributed by atoms with Gasteiger partial charge in [0, 0.05) is 26.7 Å². The van der Waals surface area contributed by atoms with Gasteiger partial charge in [-0.3, -0.25) is 4.99 Å². The van der Waals surface area contributed by atoms with E-state index in [-0.39, 0.29) is 5.75 Å². The minimum absolute atomic E-state index is 0.203. The average molecular weight is 386 g/mol. The highest BCUT2D eigenvalue weighted by molar-refractivity contribution is 5.79. The Morgan fingerprint density at radius 2 is 1.85 bits per heavy atom. The van der Waals surface area contributed by atoms with Crippen LogP contribution < -0.4 is 15.4 Å². The topological polar surface area (TPSA) is 48.9 Å². The van der Waals surface area contributed by atoms with E-state index in [4.69, 9.17) is 4.74 Å². The molecule has 27 heavy (non-hydrogen) atoms. The number of halogens is 3. The van der Waals surface area contributed by atoms with Crippen LogP contribution in [0.5, 0.6) is 5.75 Å². The Hall–Kier alpha value is -1.96. The number of likely N-dealkylation sites (tertiary alicyclic amines) is 1. The number of hydrogen-bond acceptors (Lipinski definition) is 3. The Balaban J connectivity index is 1.70. The molecule has 152 valence electrons. The zero-order chi connectivity index (χ0) is 19.7. The predicted octanol–water partition coefficient (Wildman–Crippen LogP) is 3.02. The predicted molar refractivity (Wildman–Crippen MR) is 101 cm³/mol. The molecular weight excluding hydrogens is 357 g/mol. The molecule has 0 amide bonds. The Morgan fingerprint density at radius 1 is 1.19 bits per heavy atom. The maximum absolute atomic E-state index is 12.2. The van der Waals surface area contributed by atoms with E-state index in [9.17, 15) is 13.2 Å². The van der Waals surface area contributed by atoms with Gasteiger partial charge in [-0.15, -0.1) is 0 Å². The molecule has 0 bridgehead atoms. The van der Waals surface area contributed by atoms with Gasteiger partial charge in [-0.05, 0) is 49.5 Å². The molecule has 8 heteroatoms. The zero-order valence-electron chi connectivity index (χ0n) is 16.0. The lowest BCUT2D eigenvalue weighted by atomic mass is 10.1. The third-order valence-electron chi connectivity index (χ3n) is 4.40. The average Bonchev–Trinajstić information content (AvgIpc) is 3.13. The van der Waals surface area contributed by atoms with E-state index in [1.54, 1.807) is 19.2 Å². The summed E-state index contributed by atoms with van der Waals surface area (Å²) in [5, 5.41) is 6.54. The fourth-order valence-electron chi connectivity index (χ4n) is 3.02. The molecule has 1 unspecified atom stereocenters. The van der Waals surface area contributed by atoms with Crippen LogP contribution in [0.2, 0.25) is 0 Å². The number of nitrogens with one attached hydrogen (secondary N) is 2. The van der Waals surface area contributed by atoms with E-state index < -0.39 is 12.8 Å². The van der Waals surface area contributed by atoms with Crippen LogP contribution in [0.15, 0.2) is 29.3 Å². The molecular formula is C19H29F3N4O. The largest absolute Gasteiger partial charge is 0.484 e. The first-order valence-electron chi connectivity index (χ1n) is 9.31. The fraction of sp³-hybridized carbons (Fsp3) is 0.632. The summed E-state index contributed by atoms with van der Waals surface area (Å²) < 4.78 is 41.2. The smallest absolute Gasteiger partial charge is 0.422 e. The Morgan fingerprint density at radius 3 is 2.44 bits per heavy atom. The number of aliphatic imine (C=N–C) groups is 1. The molecule has 1 aliphatic heterocycles. The van der Waals surface area contributed by atoms with Crippen molar-refractivity contribution in [1.29, 1.82) is 0 Å². The van der Waals surface area contributed by atoms with E-state index in [0.29, 0.717) is 18.4 Å². The van der Waals surface area contributed by atoms with Crippen molar-refractivity contribution in [2.45, 2.75) is 32.5 Å². The summed E-state index contributed by atoms with van der Waals surface area (Å²) in [5.74, 6) is 1.43. The lowest BCUT2D eigenvalue weighted by Gasteiger charge is -2.21. The third kappa shape index (κ3) is 8.51. The second-order valence-corrected chi connectivity index (χ2v) is 6.97. The molecule has 1 saturated heterocycles. The van der Waals surface area contributed by atoms with Crippen molar-refractivity contribution in [3.05, 3.63) is 29.8 Å². The number of benzene rings is 1. The molecule has 1 aromatic carbocycles. The standard InChI is InChI=1S/C19H29F3N4O/c1-15(13-26-9-3-4-10-26)11-24-18(23-2)25-12-16-5-7-17(8-6-16)27-14-19(20,21)22/h5-8,15H,3-4,9-14H2,1-2H3,(H2,23,24,25). The van der Waals surface area contributed by atoms with Gasteiger partial charge in [0.25, 0.3) is 0 Å². The number of alkyl halides is 3. The highest BCUT2D eigenvalue weighted by atomic mass is 19.4. The number of hydrogen-bond donors (Lipinski definition) is 2. The molecule has 0 aromatic heterocycles. The van der Waals surface area contributed by atoms with Gasteiger partial charge in [0.05, 0.1) is 0 Å². The molecule has 5 nitrogen and oxygen atoms in total. The SMILES string of the molecule is CN=C(NCc1ccc(OCC(F)(F)F)cc1)NCC(C)CN1CCCC1. The van der Waals surface area contributed by atoms with Crippen LogP contribution in [0.4, 0.5) is 13.2 Å². The monoisotopic (exact) mass is 386 g/mol. The lowest BCUT2D eigenvalue weighted by molar-refractivity contribution is -0.153. The first-order chi connectivity index (χ1) is 12.9. The first kappa shape index (κ1) is 21.3. The Bertz CT molecular complexity index is 584. The second kappa shape index (κ2) is 10.4.